The van der Waals surface area contributed by atoms with Gasteiger partial charge in [-0.3, -0.25) is 9.59 Å². The Morgan fingerprint density at radius 3 is 3.05 bits per heavy atom. The van der Waals surface area contributed by atoms with Gasteiger partial charge in [0.1, 0.15) is 5.56 Å². The topological polar surface area (TPSA) is 79.7 Å². The number of ether oxygens (including phenoxy) is 1. The Labute approximate surface area is 117 Å². The highest BCUT2D eigenvalue weighted by molar-refractivity contribution is 5.96. The van der Waals surface area contributed by atoms with E-state index in [2.05, 4.69) is 4.98 Å². The van der Waals surface area contributed by atoms with Crippen molar-refractivity contribution in [2.75, 3.05) is 13.2 Å². The number of nitrogens with zero attached hydrogens (tertiary/aromatic N) is 2. The number of amides is 1. The number of aromatic nitrogens is 1. The van der Waals surface area contributed by atoms with E-state index in [9.17, 15) is 9.59 Å². The maximum atomic E-state index is 12.5. The number of carbonyl (C=O) groups excluding carboxylic acids is 1. The summed E-state index contributed by atoms with van der Waals surface area (Å²) in [6.07, 6.45) is 3.10. The molecule has 2 heterocycles. The number of carboxylic acids is 1. The molecular formula is C14H18N2O4. The fourth-order valence-electron chi connectivity index (χ4n) is 2.48. The Balaban J connectivity index is 2.20. The van der Waals surface area contributed by atoms with Gasteiger partial charge < -0.3 is 14.7 Å². The Morgan fingerprint density at radius 2 is 2.35 bits per heavy atom. The molecule has 1 aliphatic rings. The van der Waals surface area contributed by atoms with Crippen LogP contribution in [-0.2, 0) is 4.79 Å². The summed E-state index contributed by atoms with van der Waals surface area (Å²) in [5, 5.41) is 8.91. The monoisotopic (exact) mass is 278 g/mol. The first-order chi connectivity index (χ1) is 9.63. The first-order valence-corrected chi connectivity index (χ1v) is 6.74. The van der Waals surface area contributed by atoms with Crippen molar-refractivity contribution >= 4 is 11.9 Å². The Bertz CT molecular complexity index is 504. The molecule has 6 heteroatoms. The van der Waals surface area contributed by atoms with Crippen molar-refractivity contribution in [2.45, 2.75) is 32.2 Å². The Hall–Kier alpha value is -2.11. The number of hydrogen-bond acceptors (Lipinski definition) is 4. The fraction of sp³-hybridized carbons (Fsp3) is 0.500. The third-order valence-electron chi connectivity index (χ3n) is 3.33. The second kappa shape index (κ2) is 6.36. The molecular weight excluding hydrogens is 260 g/mol. The molecule has 1 atom stereocenters. The summed E-state index contributed by atoms with van der Waals surface area (Å²) in [6.45, 7) is 2.83. The minimum absolute atomic E-state index is 0.0179. The van der Waals surface area contributed by atoms with Gasteiger partial charge >= 0.3 is 5.97 Å². The lowest BCUT2D eigenvalue weighted by Gasteiger charge is -2.24. The van der Waals surface area contributed by atoms with E-state index >= 15 is 0 Å². The van der Waals surface area contributed by atoms with Gasteiger partial charge in [-0.2, -0.15) is 0 Å². The van der Waals surface area contributed by atoms with Crippen LogP contribution in [0.5, 0.6) is 5.88 Å². The molecule has 1 aromatic rings. The van der Waals surface area contributed by atoms with E-state index in [1.54, 1.807) is 23.2 Å². The van der Waals surface area contributed by atoms with Crippen molar-refractivity contribution in [2.24, 2.45) is 0 Å². The second-order valence-corrected chi connectivity index (χ2v) is 4.68. The highest BCUT2D eigenvalue weighted by Crippen LogP contribution is 2.25. The summed E-state index contributed by atoms with van der Waals surface area (Å²) in [7, 11) is 0. The lowest BCUT2D eigenvalue weighted by molar-refractivity contribution is -0.137. The fourth-order valence-corrected chi connectivity index (χ4v) is 2.48. The molecule has 0 spiro atoms. The lowest BCUT2D eigenvalue weighted by atomic mass is 10.1. The van der Waals surface area contributed by atoms with Crippen molar-refractivity contribution in [3.05, 3.63) is 23.9 Å². The average Bonchev–Trinajstić information content (AvgIpc) is 2.86. The standard InChI is InChI=1S/C14H18N2O4/c1-2-20-13-11(6-3-7-15-13)14(19)16-8-4-5-10(16)9-12(17)18/h3,6-7,10H,2,4-5,8-9H2,1H3,(H,17,18). The predicted molar refractivity (Wildman–Crippen MR) is 71.7 cm³/mol. The Kier molecular flexibility index (Phi) is 4.55. The zero-order valence-corrected chi connectivity index (χ0v) is 11.4. The predicted octanol–water partition coefficient (Wildman–Crippen LogP) is 1.56. The second-order valence-electron chi connectivity index (χ2n) is 4.68. The van der Waals surface area contributed by atoms with E-state index in [4.69, 9.17) is 9.84 Å². The normalized spacial score (nSPS) is 18.1. The maximum Gasteiger partial charge on any atom is 0.305 e. The van der Waals surface area contributed by atoms with Gasteiger partial charge in [-0.25, -0.2) is 4.98 Å². The van der Waals surface area contributed by atoms with E-state index in [1.165, 1.54) is 0 Å². The number of aliphatic carboxylic acids is 1. The quantitative estimate of drug-likeness (QED) is 0.884. The molecule has 6 nitrogen and oxygen atoms in total. The number of pyridine rings is 1. The summed E-state index contributed by atoms with van der Waals surface area (Å²) in [6, 6.07) is 3.10. The van der Waals surface area contributed by atoms with Gasteiger partial charge in [-0.1, -0.05) is 0 Å². The number of rotatable bonds is 5. The zero-order valence-electron chi connectivity index (χ0n) is 11.4. The number of hydrogen-bond donors (Lipinski definition) is 1. The third-order valence-corrected chi connectivity index (χ3v) is 3.33. The molecule has 0 saturated carbocycles. The molecule has 20 heavy (non-hydrogen) atoms. The molecule has 1 fully saturated rings. The van der Waals surface area contributed by atoms with Crippen molar-refractivity contribution < 1.29 is 19.4 Å². The van der Waals surface area contributed by atoms with Gasteiger partial charge in [0.15, 0.2) is 0 Å². The van der Waals surface area contributed by atoms with Crippen LogP contribution in [0, 0.1) is 0 Å². The molecule has 1 amide bonds. The highest BCUT2D eigenvalue weighted by Gasteiger charge is 2.32. The smallest absolute Gasteiger partial charge is 0.305 e. The lowest BCUT2D eigenvalue weighted by Crippen LogP contribution is -2.37. The molecule has 1 N–H and O–H groups in total. The van der Waals surface area contributed by atoms with Crippen LogP contribution in [0.15, 0.2) is 18.3 Å². The van der Waals surface area contributed by atoms with Gasteiger partial charge in [-0.15, -0.1) is 0 Å². The van der Waals surface area contributed by atoms with Gasteiger partial charge in [0.2, 0.25) is 5.88 Å². The molecule has 0 aliphatic carbocycles. The van der Waals surface area contributed by atoms with Crippen LogP contribution >= 0.6 is 0 Å². The molecule has 108 valence electrons. The summed E-state index contributed by atoms with van der Waals surface area (Å²) in [4.78, 5) is 29.1. The van der Waals surface area contributed by atoms with Crippen molar-refractivity contribution in [3.63, 3.8) is 0 Å². The molecule has 1 aromatic heterocycles. The third kappa shape index (κ3) is 3.07. The van der Waals surface area contributed by atoms with Gasteiger partial charge in [0.05, 0.1) is 13.0 Å². The number of carbonyl (C=O) groups is 2. The maximum absolute atomic E-state index is 12.5. The van der Waals surface area contributed by atoms with Crippen LogP contribution < -0.4 is 4.74 Å². The largest absolute Gasteiger partial charge is 0.481 e. The molecule has 1 unspecified atom stereocenters. The van der Waals surface area contributed by atoms with Crippen molar-refractivity contribution in [1.82, 2.24) is 9.88 Å². The van der Waals surface area contributed by atoms with Gasteiger partial charge in [0.25, 0.3) is 5.91 Å². The van der Waals surface area contributed by atoms with Crippen LogP contribution in [0.1, 0.15) is 36.5 Å². The summed E-state index contributed by atoms with van der Waals surface area (Å²) >= 11 is 0. The van der Waals surface area contributed by atoms with Crippen LogP contribution in [0.25, 0.3) is 0 Å². The van der Waals surface area contributed by atoms with Gasteiger partial charge in [-0.05, 0) is 31.9 Å². The van der Waals surface area contributed by atoms with Crippen LogP contribution in [0.2, 0.25) is 0 Å². The van der Waals surface area contributed by atoms with E-state index < -0.39 is 5.97 Å². The molecule has 2 rings (SSSR count). The SMILES string of the molecule is CCOc1ncccc1C(=O)N1CCCC1CC(=O)O. The van der Waals surface area contributed by atoms with E-state index in [0.717, 1.165) is 12.8 Å². The molecule has 0 aromatic carbocycles. The Morgan fingerprint density at radius 1 is 1.55 bits per heavy atom. The van der Waals surface area contributed by atoms with E-state index in [-0.39, 0.29) is 18.4 Å². The van der Waals surface area contributed by atoms with Crippen LogP contribution in [-0.4, -0.2) is 46.1 Å². The first kappa shape index (κ1) is 14.3. The minimum Gasteiger partial charge on any atom is -0.481 e. The zero-order chi connectivity index (χ0) is 14.5. The highest BCUT2D eigenvalue weighted by atomic mass is 16.5. The summed E-state index contributed by atoms with van der Waals surface area (Å²) < 4.78 is 5.36. The molecule has 0 radical (unpaired) electrons. The van der Waals surface area contributed by atoms with Gasteiger partial charge in [0, 0.05) is 18.8 Å². The number of carboxylic acid groups (broad SMARTS) is 1. The molecule has 1 saturated heterocycles. The first-order valence-electron chi connectivity index (χ1n) is 6.74. The van der Waals surface area contributed by atoms with E-state index in [0.29, 0.717) is 24.6 Å². The molecule has 0 bridgehead atoms. The van der Waals surface area contributed by atoms with Crippen molar-refractivity contribution in [3.8, 4) is 5.88 Å². The van der Waals surface area contributed by atoms with Crippen LogP contribution in [0.4, 0.5) is 0 Å². The number of likely N-dealkylation sites (tertiary alicyclic amines) is 1. The average molecular weight is 278 g/mol. The minimum atomic E-state index is -0.883. The summed E-state index contributed by atoms with van der Waals surface area (Å²) in [5.74, 6) is -0.780. The molecule has 1 aliphatic heterocycles. The van der Waals surface area contributed by atoms with E-state index in [1.807, 2.05) is 6.92 Å². The van der Waals surface area contributed by atoms with Crippen LogP contribution in [0.3, 0.4) is 0 Å². The summed E-state index contributed by atoms with van der Waals surface area (Å²) in [5.41, 5.74) is 0.395. The van der Waals surface area contributed by atoms with Crippen molar-refractivity contribution in [1.29, 1.82) is 0 Å².